The predicted octanol–water partition coefficient (Wildman–Crippen LogP) is -0.379. The zero-order valence-corrected chi connectivity index (χ0v) is 8.36. The van der Waals surface area contributed by atoms with E-state index < -0.39 is 0 Å². The SMILES string of the molecule is NNCC(=O)N1CCc2cc(N)ccc21. The summed E-state index contributed by atoms with van der Waals surface area (Å²) in [6, 6.07) is 5.60. The summed E-state index contributed by atoms with van der Waals surface area (Å²) in [6.07, 6.45) is 0.858. The molecule has 1 aromatic carbocycles. The van der Waals surface area contributed by atoms with Crippen LogP contribution in [-0.2, 0) is 11.2 Å². The molecule has 0 unspecified atom stereocenters. The molecule has 5 nitrogen and oxygen atoms in total. The fourth-order valence-corrected chi connectivity index (χ4v) is 1.86. The number of hydrogen-bond donors (Lipinski definition) is 3. The minimum absolute atomic E-state index is 0.0129. The van der Waals surface area contributed by atoms with E-state index in [2.05, 4.69) is 5.43 Å². The first kappa shape index (κ1) is 9.95. The van der Waals surface area contributed by atoms with Crippen molar-refractivity contribution in [3.63, 3.8) is 0 Å². The summed E-state index contributed by atoms with van der Waals surface area (Å²) in [5, 5.41) is 0. The van der Waals surface area contributed by atoms with Gasteiger partial charge in [0.15, 0.2) is 0 Å². The number of carbonyl (C=O) groups is 1. The Balaban J connectivity index is 2.25. The molecule has 0 aliphatic carbocycles. The van der Waals surface area contributed by atoms with Crippen molar-refractivity contribution in [2.24, 2.45) is 5.84 Å². The Bertz CT molecular complexity index is 391. The molecule has 1 aromatic rings. The lowest BCUT2D eigenvalue weighted by atomic mass is 10.1. The number of nitrogens with zero attached hydrogens (tertiary/aromatic N) is 1. The average Bonchev–Trinajstić information content (AvgIpc) is 2.60. The summed E-state index contributed by atoms with van der Waals surface area (Å²) in [7, 11) is 0. The second-order valence-corrected chi connectivity index (χ2v) is 3.56. The lowest BCUT2D eigenvalue weighted by Gasteiger charge is -2.16. The molecule has 0 fully saturated rings. The van der Waals surface area contributed by atoms with Crippen LogP contribution in [-0.4, -0.2) is 19.0 Å². The molecule has 1 amide bonds. The van der Waals surface area contributed by atoms with Crippen molar-refractivity contribution >= 4 is 17.3 Å². The maximum absolute atomic E-state index is 11.6. The molecule has 15 heavy (non-hydrogen) atoms. The first-order valence-corrected chi connectivity index (χ1v) is 4.84. The van der Waals surface area contributed by atoms with Crippen LogP contribution in [0.5, 0.6) is 0 Å². The number of amides is 1. The van der Waals surface area contributed by atoms with Crippen LogP contribution in [0.2, 0.25) is 0 Å². The molecule has 80 valence electrons. The zero-order valence-electron chi connectivity index (χ0n) is 8.36. The summed E-state index contributed by atoms with van der Waals surface area (Å²) in [5.41, 5.74) is 10.9. The highest BCUT2D eigenvalue weighted by Gasteiger charge is 2.23. The number of rotatable bonds is 2. The largest absolute Gasteiger partial charge is 0.399 e. The predicted molar refractivity (Wildman–Crippen MR) is 59.1 cm³/mol. The molecule has 0 spiro atoms. The van der Waals surface area contributed by atoms with Crippen molar-refractivity contribution in [1.82, 2.24) is 5.43 Å². The molecule has 1 aliphatic heterocycles. The standard InChI is InChI=1S/C10H14N4O/c11-8-1-2-9-7(5-8)3-4-14(9)10(15)6-13-12/h1-2,5,13H,3-4,6,11-12H2. The van der Waals surface area contributed by atoms with Gasteiger partial charge in [-0.25, -0.2) is 0 Å². The van der Waals surface area contributed by atoms with Gasteiger partial charge in [0.2, 0.25) is 5.91 Å². The van der Waals surface area contributed by atoms with Crippen molar-refractivity contribution < 1.29 is 4.79 Å². The molecule has 1 aliphatic rings. The summed E-state index contributed by atoms with van der Waals surface area (Å²) < 4.78 is 0. The number of hydrazine groups is 1. The molecule has 0 saturated carbocycles. The third kappa shape index (κ3) is 1.79. The lowest BCUT2D eigenvalue weighted by molar-refractivity contribution is -0.117. The third-order valence-electron chi connectivity index (χ3n) is 2.55. The summed E-state index contributed by atoms with van der Waals surface area (Å²) in [4.78, 5) is 13.4. The molecular weight excluding hydrogens is 192 g/mol. The van der Waals surface area contributed by atoms with Crippen LogP contribution < -0.4 is 21.9 Å². The van der Waals surface area contributed by atoms with Gasteiger partial charge in [0.25, 0.3) is 0 Å². The first-order valence-electron chi connectivity index (χ1n) is 4.84. The van der Waals surface area contributed by atoms with Crippen molar-refractivity contribution in [3.05, 3.63) is 23.8 Å². The Kier molecular flexibility index (Phi) is 2.57. The van der Waals surface area contributed by atoms with Crippen molar-refractivity contribution in [2.45, 2.75) is 6.42 Å². The van der Waals surface area contributed by atoms with Gasteiger partial charge in [-0.05, 0) is 30.2 Å². The van der Waals surface area contributed by atoms with Crippen LogP contribution in [0.25, 0.3) is 0 Å². The van der Waals surface area contributed by atoms with E-state index in [4.69, 9.17) is 11.6 Å². The van der Waals surface area contributed by atoms with Gasteiger partial charge >= 0.3 is 0 Å². The topological polar surface area (TPSA) is 84.4 Å². The number of anilines is 2. The van der Waals surface area contributed by atoms with E-state index in [9.17, 15) is 4.79 Å². The quantitative estimate of drug-likeness (QED) is 0.350. The van der Waals surface area contributed by atoms with Crippen LogP contribution in [0.15, 0.2) is 18.2 Å². The maximum atomic E-state index is 11.6. The minimum atomic E-state index is -0.0129. The smallest absolute Gasteiger partial charge is 0.242 e. The second-order valence-electron chi connectivity index (χ2n) is 3.56. The van der Waals surface area contributed by atoms with Crippen LogP contribution >= 0.6 is 0 Å². The maximum Gasteiger partial charge on any atom is 0.242 e. The molecule has 0 aromatic heterocycles. The van der Waals surface area contributed by atoms with E-state index in [0.29, 0.717) is 6.54 Å². The van der Waals surface area contributed by atoms with E-state index in [1.54, 1.807) is 11.0 Å². The van der Waals surface area contributed by atoms with E-state index in [0.717, 1.165) is 23.4 Å². The van der Waals surface area contributed by atoms with Crippen molar-refractivity contribution in [1.29, 1.82) is 0 Å². The molecule has 0 bridgehead atoms. The van der Waals surface area contributed by atoms with Crippen molar-refractivity contribution in [3.8, 4) is 0 Å². The monoisotopic (exact) mass is 206 g/mol. The second kappa shape index (κ2) is 3.88. The Morgan fingerprint density at radius 2 is 2.33 bits per heavy atom. The van der Waals surface area contributed by atoms with Gasteiger partial charge in [0.1, 0.15) is 0 Å². The Hall–Kier alpha value is -1.59. The molecule has 5 heteroatoms. The highest BCUT2D eigenvalue weighted by Crippen LogP contribution is 2.29. The van der Waals surface area contributed by atoms with E-state index in [-0.39, 0.29) is 12.5 Å². The normalized spacial score (nSPS) is 14.1. The molecule has 1 heterocycles. The van der Waals surface area contributed by atoms with Crippen LogP contribution in [0.4, 0.5) is 11.4 Å². The first-order chi connectivity index (χ1) is 7.22. The molecule has 2 rings (SSSR count). The number of nitrogens with one attached hydrogen (secondary N) is 1. The Morgan fingerprint density at radius 3 is 3.07 bits per heavy atom. The minimum Gasteiger partial charge on any atom is -0.399 e. The number of benzene rings is 1. The van der Waals surface area contributed by atoms with Gasteiger partial charge < -0.3 is 10.6 Å². The van der Waals surface area contributed by atoms with Crippen molar-refractivity contribution in [2.75, 3.05) is 23.7 Å². The van der Waals surface area contributed by atoms with Gasteiger partial charge in [0.05, 0.1) is 6.54 Å². The van der Waals surface area contributed by atoms with Gasteiger partial charge in [-0.3, -0.25) is 16.1 Å². The molecule has 0 saturated heterocycles. The third-order valence-corrected chi connectivity index (χ3v) is 2.55. The summed E-state index contributed by atoms with van der Waals surface area (Å²) in [6.45, 7) is 0.864. The van der Waals surface area contributed by atoms with Gasteiger partial charge in [0, 0.05) is 17.9 Å². The average molecular weight is 206 g/mol. The fourth-order valence-electron chi connectivity index (χ4n) is 1.86. The molecule has 0 atom stereocenters. The zero-order chi connectivity index (χ0) is 10.8. The van der Waals surface area contributed by atoms with Gasteiger partial charge in [-0.2, -0.15) is 0 Å². The lowest BCUT2D eigenvalue weighted by Crippen LogP contribution is -2.39. The van der Waals surface area contributed by atoms with E-state index >= 15 is 0 Å². The van der Waals surface area contributed by atoms with Gasteiger partial charge in [-0.1, -0.05) is 0 Å². The Labute approximate surface area is 88.0 Å². The van der Waals surface area contributed by atoms with E-state index in [1.165, 1.54) is 0 Å². The van der Waals surface area contributed by atoms with Crippen LogP contribution in [0.1, 0.15) is 5.56 Å². The highest BCUT2D eigenvalue weighted by molar-refractivity contribution is 5.97. The summed E-state index contributed by atoms with van der Waals surface area (Å²) in [5.74, 6) is 5.11. The molecular formula is C10H14N4O. The van der Waals surface area contributed by atoms with Gasteiger partial charge in [-0.15, -0.1) is 0 Å². The number of nitrogen functional groups attached to an aromatic ring is 1. The van der Waals surface area contributed by atoms with Crippen LogP contribution in [0, 0.1) is 0 Å². The van der Waals surface area contributed by atoms with Crippen LogP contribution in [0.3, 0.4) is 0 Å². The molecule has 0 radical (unpaired) electrons. The van der Waals surface area contributed by atoms with E-state index in [1.807, 2.05) is 12.1 Å². The number of fused-ring (bicyclic) bond motifs is 1. The number of carbonyl (C=O) groups excluding carboxylic acids is 1. The Morgan fingerprint density at radius 1 is 1.53 bits per heavy atom. The summed E-state index contributed by atoms with van der Waals surface area (Å²) >= 11 is 0. The number of hydrogen-bond acceptors (Lipinski definition) is 4. The molecule has 5 N–H and O–H groups in total. The highest BCUT2D eigenvalue weighted by atomic mass is 16.2. The fraction of sp³-hybridized carbons (Fsp3) is 0.300. The number of nitrogens with two attached hydrogens (primary N) is 2.